The molecule has 118 valence electrons. The van der Waals surface area contributed by atoms with Crippen LogP contribution in [0.1, 0.15) is 29.3 Å². The number of carbonyl (C=O) groups is 1. The molecular formula is C14H24N4O2S. The average molecular weight is 312 g/mol. The predicted octanol–water partition coefficient (Wildman–Crippen LogP) is 1.54. The third-order valence-corrected chi connectivity index (χ3v) is 5.18. The van der Waals surface area contributed by atoms with Crippen LogP contribution in [0.4, 0.5) is 4.79 Å². The molecule has 0 aliphatic carbocycles. The Balaban J connectivity index is 2.27. The van der Waals surface area contributed by atoms with Gasteiger partial charge in [0.2, 0.25) is 0 Å². The second kappa shape index (κ2) is 6.62. The highest BCUT2D eigenvalue weighted by Crippen LogP contribution is 2.31. The van der Waals surface area contributed by atoms with Crippen LogP contribution >= 0.6 is 11.3 Å². The highest BCUT2D eigenvalue weighted by atomic mass is 32.1. The summed E-state index contributed by atoms with van der Waals surface area (Å²) >= 11 is 1.74. The fraction of sp³-hybridized carbons (Fsp3) is 0.714. The first-order chi connectivity index (χ1) is 9.93. The molecule has 1 aliphatic heterocycles. The molecule has 1 saturated heterocycles. The first-order valence-corrected chi connectivity index (χ1v) is 7.99. The number of amides is 1. The van der Waals surface area contributed by atoms with Crippen molar-refractivity contribution in [1.82, 2.24) is 14.4 Å². The van der Waals surface area contributed by atoms with Crippen molar-refractivity contribution in [3.8, 4) is 0 Å². The van der Waals surface area contributed by atoms with E-state index in [0.717, 1.165) is 24.2 Å². The van der Waals surface area contributed by atoms with Gasteiger partial charge in [-0.25, -0.2) is 4.79 Å². The van der Waals surface area contributed by atoms with E-state index >= 15 is 0 Å². The standard InChI is InChI=1S/C14H24N4O2S/c1-15-13-17(4)12(11(21-13)9-16(2)3)10-5-7-18(8-6-10)14(19)20/h10H,5-9H2,1-4H3,(H,19,20)/b15-13-. The van der Waals surface area contributed by atoms with Crippen molar-refractivity contribution >= 4 is 17.4 Å². The zero-order valence-electron chi connectivity index (χ0n) is 13.2. The van der Waals surface area contributed by atoms with E-state index in [9.17, 15) is 4.79 Å². The Morgan fingerprint density at radius 2 is 2.05 bits per heavy atom. The molecule has 1 aromatic heterocycles. The fourth-order valence-corrected chi connectivity index (χ4v) is 4.24. The molecule has 2 heterocycles. The molecule has 2 rings (SSSR count). The number of likely N-dealkylation sites (tertiary alicyclic amines) is 1. The van der Waals surface area contributed by atoms with Gasteiger partial charge in [0.05, 0.1) is 0 Å². The van der Waals surface area contributed by atoms with Crippen LogP contribution < -0.4 is 4.80 Å². The van der Waals surface area contributed by atoms with Gasteiger partial charge in [0.15, 0.2) is 4.80 Å². The van der Waals surface area contributed by atoms with E-state index in [2.05, 4.69) is 35.6 Å². The predicted molar refractivity (Wildman–Crippen MR) is 83.7 cm³/mol. The summed E-state index contributed by atoms with van der Waals surface area (Å²) in [5.41, 5.74) is 1.33. The summed E-state index contributed by atoms with van der Waals surface area (Å²) in [5.74, 6) is 0.423. The summed E-state index contributed by atoms with van der Waals surface area (Å²) in [6.07, 6.45) is 0.974. The number of thiazole rings is 1. The average Bonchev–Trinajstić information content (AvgIpc) is 2.74. The summed E-state index contributed by atoms with van der Waals surface area (Å²) in [6.45, 7) is 2.15. The lowest BCUT2D eigenvalue weighted by Gasteiger charge is -2.31. The summed E-state index contributed by atoms with van der Waals surface area (Å²) in [6, 6.07) is 0. The molecule has 0 bridgehead atoms. The number of hydrogen-bond acceptors (Lipinski definition) is 4. The van der Waals surface area contributed by atoms with Crippen molar-refractivity contribution < 1.29 is 9.90 Å². The molecule has 0 spiro atoms. The molecule has 7 heteroatoms. The Morgan fingerprint density at radius 1 is 1.43 bits per heavy atom. The Kier molecular flexibility index (Phi) is 5.05. The van der Waals surface area contributed by atoms with Gasteiger partial charge in [0.25, 0.3) is 0 Å². The van der Waals surface area contributed by atoms with Crippen LogP contribution in [-0.4, -0.2) is 59.8 Å². The molecule has 1 N–H and O–H groups in total. The van der Waals surface area contributed by atoms with Crippen molar-refractivity contribution in [3.63, 3.8) is 0 Å². The summed E-state index contributed by atoms with van der Waals surface area (Å²) < 4.78 is 2.19. The fourth-order valence-electron chi connectivity index (χ4n) is 2.96. The lowest BCUT2D eigenvalue weighted by atomic mass is 9.92. The summed E-state index contributed by atoms with van der Waals surface area (Å²) in [7, 11) is 8.03. The number of carboxylic acid groups (broad SMARTS) is 1. The van der Waals surface area contributed by atoms with Gasteiger partial charge in [0.1, 0.15) is 0 Å². The van der Waals surface area contributed by atoms with E-state index in [1.165, 1.54) is 15.5 Å². The van der Waals surface area contributed by atoms with Crippen molar-refractivity contribution in [2.45, 2.75) is 25.3 Å². The Bertz CT molecular complexity index is 568. The largest absolute Gasteiger partial charge is 0.465 e. The van der Waals surface area contributed by atoms with Gasteiger partial charge in [-0.15, -0.1) is 11.3 Å². The second-order valence-corrected chi connectivity index (χ2v) is 6.82. The van der Waals surface area contributed by atoms with Gasteiger partial charge < -0.3 is 19.5 Å². The van der Waals surface area contributed by atoms with E-state index in [1.807, 2.05) is 7.05 Å². The van der Waals surface area contributed by atoms with Crippen LogP contribution in [-0.2, 0) is 13.6 Å². The summed E-state index contributed by atoms with van der Waals surface area (Å²) in [4.78, 5) is 21.4. The highest BCUT2D eigenvalue weighted by Gasteiger charge is 2.27. The molecule has 21 heavy (non-hydrogen) atoms. The first-order valence-electron chi connectivity index (χ1n) is 7.18. The third kappa shape index (κ3) is 3.47. The van der Waals surface area contributed by atoms with Gasteiger partial charge in [-0.05, 0) is 26.9 Å². The number of aromatic nitrogens is 1. The van der Waals surface area contributed by atoms with Gasteiger partial charge in [-0.2, -0.15) is 0 Å². The molecule has 0 unspecified atom stereocenters. The lowest BCUT2D eigenvalue weighted by molar-refractivity contribution is 0.131. The quantitative estimate of drug-likeness (QED) is 0.921. The van der Waals surface area contributed by atoms with Crippen molar-refractivity contribution in [2.75, 3.05) is 34.2 Å². The normalized spacial score (nSPS) is 17.8. The van der Waals surface area contributed by atoms with E-state index < -0.39 is 6.09 Å². The van der Waals surface area contributed by atoms with E-state index in [0.29, 0.717) is 19.0 Å². The maximum Gasteiger partial charge on any atom is 0.407 e. The molecule has 0 radical (unpaired) electrons. The Hall–Kier alpha value is -1.34. The molecule has 0 atom stereocenters. The van der Waals surface area contributed by atoms with Crippen LogP contribution in [0, 0.1) is 0 Å². The minimum atomic E-state index is -0.805. The smallest absolute Gasteiger partial charge is 0.407 e. The van der Waals surface area contributed by atoms with Gasteiger partial charge in [0, 0.05) is 50.2 Å². The minimum Gasteiger partial charge on any atom is -0.465 e. The number of nitrogens with zero attached hydrogens (tertiary/aromatic N) is 4. The second-order valence-electron chi connectivity index (χ2n) is 5.76. The molecule has 6 nitrogen and oxygen atoms in total. The maximum absolute atomic E-state index is 11.0. The van der Waals surface area contributed by atoms with Crippen molar-refractivity contribution in [1.29, 1.82) is 0 Å². The molecule has 1 aromatic rings. The Morgan fingerprint density at radius 3 is 2.52 bits per heavy atom. The van der Waals surface area contributed by atoms with Crippen LogP contribution in [0.3, 0.4) is 0 Å². The van der Waals surface area contributed by atoms with Crippen LogP contribution in [0.2, 0.25) is 0 Å². The first kappa shape index (κ1) is 16.0. The van der Waals surface area contributed by atoms with Gasteiger partial charge in [-0.3, -0.25) is 4.99 Å². The highest BCUT2D eigenvalue weighted by molar-refractivity contribution is 7.09. The third-order valence-electron chi connectivity index (χ3n) is 3.95. The van der Waals surface area contributed by atoms with Gasteiger partial charge >= 0.3 is 6.09 Å². The van der Waals surface area contributed by atoms with E-state index in [1.54, 1.807) is 11.3 Å². The van der Waals surface area contributed by atoms with Crippen molar-refractivity contribution in [2.24, 2.45) is 12.0 Å². The zero-order valence-corrected chi connectivity index (χ0v) is 14.0. The van der Waals surface area contributed by atoms with E-state index in [4.69, 9.17) is 5.11 Å². The molecule has 0 aromatic carbocycles. The minimum absolute atomic E-state index is 0.423. The zero-order chi connectivity index (χ0) is 15.6. The summed E-state index contributed by atoms with van der Waals surface area (Å²) in [5, 5.41) is 9.07. The van der Waals surface area contributed by atoms with Gasteiger partial charge in [-0.1, -0.05) is 0 Å². The number of hydrogen-bond donors (Lipinski definition) is 1. The number of piperidine rings is 1. The van der Waals surface area contributed by atoms with Crippen LogP contribution in [0.25, 0.3) is 0 Å². The van der Waals surface area contributed by atoms with E-state index in [-0.39, 0.29) is 0 Å². The van der Waals surface area contributed by atoms with Crippen LogP contribution in [0.15, 0.2) is 4.99 Å². The molecular weight excluding hydrogens is 288 g/mol. The Labute approximate surface area is 129 Å². The topological polar surface area (TPSA) is 61.1 Å². The van der Waals surface area contributed by atoms with Crippen molar-refractivity contribution in [3.05, 3.63) is 15.4 Å². The lowest BCUT2D eigenvalue weighted by Crippen LogP contribution is -2.37. The SMILES string of the molecule is C/N=c1\sc(CN(C)C)c(C2CCN(C(=O)O)CC2)n1C. The van der Waals surface area contributed by atoms with Crippen LogP contribution in [0.5, 0.6) is 0 Å². The monoisotopic (exact) mass is 312 g/mol. The molecule has 0 saturated carbocycles. The molecule has 1 amide bonds. The maximum atomic E-state index is 11.0. The molecule has 1 fully saturated rings. The number of rotatable bonds is 3. The molecule has 1 aliphatic rings.